The lowest BCUT2D eigenvalue weighted by Crippen LogP contribution is -2.27. The van der Waals surface area contributed by atoms with Crippen molar-refractivity contribution >= 4 is 28.6 Å². The van der Waals surface area contributed by atoms with E-state index in [-0.39, 0.29) is 12.3 Å². The third-order valence-electron chi connectivity index (χ3n) is 3.78. The van der Waals surface area contributed by atoms with Crippen molar-refractivity contribution < 1.29 is 9.32 Å². The van der Waals surface area contributed by atoms with E-state index in [4.69, 9.17) is 4.52 Å². The normalized spacial score (nSPS) is 10.9. The summed E-state index contributed by atoms with van der Waals surface area (Å²) >= 11 is 1.71. The molecule has 0 spiro atoms. The molecule has 5 heteroatoms. The molecule has 1 heterocycles. The van der Waals surface area contributed by atoms with Crippen LogP contribution in [-0.4, -0.2) is 29.3 Å². The van der Waals surface area contributed by atoms with Crippen LogP contribution in [0.5, 0.6) is 0 Å². The zero-order valence-corrected chi connectivity index (χ0v) is 14.0. The first-order valence-corrected chi connectivity index (χ1v) is 8.60. The molecule has 23 heavy (non-hydrogen) atoms. The predicted octanol–water partition coefficient (Wildman–Crippen LogP) is 3.75. The van der Waals surface area contributed by atoms with E-state index in [9.17, 15) is 4.79 Å². The number of fused-ring (bicyclic) bond motifs is 1. The van der Waals surface area contributed by atoms with Crippen molar-refractivity contribution in [2.75, 3.05) is 13.3 Å². The van der Waals surface area contributed by atoms with E-state index >= 15 is 0 Å². The molecule has 0 N–H and O–H groups in total. The molecular formula is C18H18N2O2S. The standard InChI is InChI=1S/C18H18N2O2S/c1-20(12-13-7-9-14(23-2)10-8-13)18(21)11-16-15-5-3-4-6-17(15)22-19-16/h3-10H,11-12H2,1-2H3. The van der Waals surface area contributed by atoms with Crippen LogP contribution in [0.25, 0.3) is 11.0 Å². The molecule has 0 aliphatic heterocycles. The van der Waals surface area contributed by atoms with E-state index in [1.807, 2.05) is 37.6 Å². The van der Waals surface area contributed by atoms with Crippen LogP contribution in [0, 0.1) is 0 Å². The summed E-state index contributed by atoms with van der Waals surface area (Å²) in [4.78, 5) is 15.4. The molecule has 1 amide bonds. The smallest absolute Gasteiger partial charge is 0.228 e. The second-order valence-electron chi connectivity index (χ2n) is 5.40. The van der Waals surface area contributed by atoms with Gasteiger partial charge < -0.3 is 9.42 Å². The highest BCUT2D eigenvalue weighted by atomic mass is 32.2. The third kappa shape index (κ3) is 3.56. The Kier molecular flexibility index (Phi) is 4.67. The van der Waals surface area contributed by atoms with Crippen LogP contribution in [-0.2, 0) is 17.8 Å². The fourth-order valence-corrected chi connectivity index (χ4v) is 2.85. The minimum atomic E-state index is 0.0259. The average Bonchev–Trinajstić information content (AvgIpc) is 2.98. The summed E-state index contributed by atoms with van der Waals surface area (Å²) in [5.74, 6) is 0.0259. The maximum Gasteiger partial charge on any atom is 0.228 e. The molecule has 0 saturated heterocycles. The maximum absolute atomic E-state index is 12.4. The van der Waals surface area contributed by atoms with E-state index in [1.165, 1.54) is 4.90 Å². The van der Waals surface area contributed by atoms with Crippen LogP contribution in [0.4, 0.5) is 0 Å². The Morgan fingerprint density at radius 2 is 1.91 bits per heavy atom. The number of aromatic nitrogens is 1. The lowest BCUT2D eigenvalue weighted by Gasteiger charge is -2.17. The van der Waals surface area contributed by atoms with Crippen LogP contribution < -0.4 is 0 Å². The minimum Gasteiger partial charge on any atom is -0.356 e. The number of para-hydroxylation sites is 1. The Labute approximate surface area is 139 Å². The van der Waals surface area contributed by atoms with Gasteiger partial charge in [-0.25, -0.2) is 0 Å². The quantitative estimate of drug-likeness (QED) is 0.670. The van der Waals surface area contributed by atoms with Crippen molar-refractivity contribution in [1.82, 2.24) is 10.1 Å². The molecule has 3 rings (SSSR count). The van der Waals surface area contributed by atoms with E-state index in [1.54, 1.807) is 16.7 Å². The zero-order chi connectivity index (χ0) is 16.2. The number of amides is 1. The van der Waals surface area contributed by atoms with Crippen molar-refractivity contribution in [3.05, 3.63) is 59.8 Å². The number of likely N-dealkylation sites (N-methyl/N-ethyl adjacent to an activating group) is 1. The molecule has 0 bridgehead atoms. The molecule has 4 nitrogen and oxygen atoms in total. The number of carbonyl (C=O) groups excluding carboxylic acids is 1. The topological polar surface area (TPSA) is 46.3 Å². The summed E-state index contributed by atoms with van der Waals surface area (Å²) in [6.45, 7) is 0.587. The molecule has 3 aromatic rings. The first kappa shape index (κ1) is 15.6. The summed E-state index contributed by atoms with van der Waals surface area (Å²) in [5.41, 5.74) is 2.52. The Hall–Kier alpha value is -2.27. The highest BCUT2D eigenvalue weighted by Gasteiger charge is 2.15. The molecule has 0 unspecified atom stereocenters. The number of benzene rings is 2. The Bertz CT molecular complexity index is 811. The highest BCUT2D eigenvalue weighted by Crippen LogP contribution is 2.19. The lowest BCUT2D eigenvalue weighted by molar-refractivity contribution is -0.129. The van der Waals surface area contributed by atoms with Gasteiger partial charge in [0.25, 0.3) is 0 Å². The van der Waals surface area contributed by atoms with Gasteiger partial charge in [-0.1, -0.05) is 29.4 Å². The van der Waals surface area contributed by atoms with E-state index in [2.05, 4.69) is 29.4 Å². The third-order valence-corrected chi connectivity index (χ3v) is 4.52. The zero-order valence-electron chi connectivity index (χ0n) is 13.2. The van der Waals surface area contributed by atoms with Crippen molar-refractivity contribution in [3.63, 3.8) is 0 Å². The summed E-state index contributed by atoms with van der Waals surface area (Å²) in [7, 11) is 1.81. The largest absolute Gasteiger partial charge is 0.356 e. The van der Waals surface area contributed by atoms with Gasteiger partial charge in [0.05, 0.1) is 6.42 Å². The van der Waals surface area contributed by atoms with Gasteiger partial charge >= 0.3 is 0 Å². The highest BCUT2D eigenvalue weighted by molar-refractivity contribution is 7.98. The summed E-state index contributed by atoms with van der Waals surface area (Å²) < 4.78 is 5.25. The van der Waals surface area contributed by atoms with E-state index < -0.39 is 0 Å². The molecule has 0 radical (unpaired) electrons. The molecule has 1 aromatic heterocycles. The fraction of sp³-hybridized carbons (Fsp3) is 0.222. The van der Waals surface area contributed by atoms with Crippen LogP contribution in [0.1, 0.15) is 11.3 Å². The van der Waals surface area contributed by atoms with Crippen LogP contribution in [0.3, 0.4) is 0 Å². The maximum atomic E-state index is 12.4. The first-order chi connectivity index (χ1) is 11.2. The summed E-state index contributed by atoms with van der Waals surface area (Å²) in [5, 5.41) is 4.92. The molecule has 118 valence electrons. The lowest BCUT2D eigenvalue weighted by atomic mass is 10.1. The van der Waals surface area contributed by atoms with Crippen LogP contribution in [0.15, 0.2) is 57.9 Å². The number of hydrogen-bond donors (Lipinski definition) is 0. The second-order valence-corrected chi connectivity index (χ2v) is 6.28. The SMILES string of the molecule is CSc1ccc(CN(C)C(=O)Cc2noc3ccccc23)cc1. The number of hydrogen-bond acceptors (Lipinski definition) is 4. The van der Waals surface area contributed by atoms with Gasteiger partial charge in [0.2, 0.25) is 5.91 Å². The molecular weight excluding hydrogens is 308 g/mol. The van der Waals surface area contributed by atoms with Crippen molar-refractivity contribution in [2.45, 2.75) is 17.9 Å². The molecule has 0 aliphatic rings. The molecule has 0 fully saturated rings. The van der Waals surface area contributed by atoms with E-state index in [0.29, 0.717) is 17.8 Å². The van der Waals surface area contributed by atoms with Gasteiger partial charge in [0.1, 0.15) is 5.69 Å². The number of nitrogens with zero attached hydrogens (tertiary/aromatic N) is 2. The van der Waals surface area contributed by atoms with Gasteiger partial charge in [0, 0.05) is 23.9 Å². The van der Waals surface area contributed by atoms with E-state index in [0.717, 1.165) is 10.9 Å². The van der Waals surface area contributed by atoms with Gasteiger partial charge in [-0.2, -0.15) is 0 Å². The summed E-state index contributed by atoms with van der Waals surface area (Å²) in [6.07, 6.45) is 2.29. The Morgan fingerprint density at radius 3 is 2.65 bits per heavy atom. The molecule has 0 atom stereocenters. The van der Waals surface area contributed by atoms with Crippen molar-refractivity contribution in [3.8, 4) is 0 Å². The predicted molar refractivity (Wildman–Crippen MR) is 92.4 cm³/mol. The van der Waals surface area contributed by atoms with Gasteiger partial charge in [-0.3, -0.25) is 4.79 Å². The number of rotatable bonds is 5. The Balaban J connectivity index is 1.67. The average molecular weight is 326 g/mol. The van der Waals surface area contributed by atoms with Crippen molar-refractivity contribution in [1.29, 1.82) is 0 Å². The number of carbonyl (C=O) groups is 1. The first-order valence-electron chi connectivity index (χ1n) is 7.37. The molecule has 2 aromatic carbocycles. The van der Waals surface area contributed by atoms with Crippen LogP contribution in [0.2, 0.25) is 0 Å². The minimum absolute atomic E-state index is 0.0259. The molecule has 0 aliphatic carbocycles. The monoisotopic (exact) mass is 326 g/mol. The van der Waals surface area contributed by atoms with Gasteiger partial charge in [-0.05, 0) is 36.1 Å². The van der Waals surface area contributed by atoms with Gasteiger partial charge in [0.15, 0.2) is 5.58 Å². The summed E-state index contributed by atoms with van der Waals surface area (Å²) in [6, 6.07) is 15.9. The van der Waals surface area contributed by atoms with Gasteiger partial charge in [-0.15, -0.1) is 11.8 Å². The fourth-order valence-electron chi connectivity index (χ4n) is 2.44. The Morgan fingerprint density at radius 1 is 1.17 bits per heavy atom. The van der Waals surface area contributed by atoms with Crippen molar-refractivity contribution in [2.24, 2.45) is 0 Å². The second kappa shape index (κ2) is 6.87. The number of thioether (sulfide) groups is 1. The van der Waals surface area contributed by atoms with Crippen LogP contribution >= 0.6 is 11.8 Å². The molecule has 0 saturated carbocycles.